The van der Waals surface area contributed by atoms with E-state index in [1.165, 1.54) is 6.92 Å². The van der Waals surface area contributed by atoms with Gasteiger partial charge in [0, 0.05) is 12.3 Å². The van der Waals surface area contributed by atoms with Gasteiger partial charge in [0.25, 0.3) is 0 Å². The van der Waals surface area contributed by atoms with E-state index in [4.69, 9.17) is 5.73 Å². The predicted molar refractivity (Wildman–Crippen MR) is 33.7 cm³/mol. The van der Waals surface area contributed by atoms with Crippen molar-refractivity contribution in [1.29, 1.82) is 0 Å². The normalized spacial score (nSPS) is 12.7. The molecule has 0 radical (unpaired) electrons. The molecule has 0 aromatic rings. The molecule has 0 aromatic heterocycles. The minimum atomic E-state index is -0.419. The molecule has 1 unspecified atom stereocenters. The number of nitrogens with two attached hydrogens (primary N) is 1. The minimum Gasteiger partial charge on any atom is -0.370 e. The fourth-order valence-electron chi connectivity index (χ4n) is 0.446. The molecule has 0 aliphatic rings. The summed E-state index contributed by atoms with van der Waals surface area (Å²) in [6.45, 7) is 3.14. The molecule has 0 rings (SSSR count). The Labute approximate surface area is 54.2 Å². The third kappa shape index (κ3) is 3.70. The zero-order valence-corrected chi connectivity index (χ0v) is 5.68. The maximum absolute atomic E-state index is 10.5. The molecular weight excluding hydrogens is 118 g/mol. The third-order valence-corrected chi connectivity index (χ3v) is 1.20. The van der Waals surface area contributed by atoms with Gasteiger partial charge >= 0.3 is 0 Å². The summed E-state index contributed by atoms with van der Waals surface area (Å²) < 4.78 is 0. The van der Waals surface area contributed by atoms with Gasteiger partial charge in [-0.2, -0.15) is 0 Å². The van der Waals surface area contributed by atoms with E-state index in [0.717, 1.165) is 0 Å². The lowest BCUT2D eigenvalue weighted by Crippen LogP contribution is -2.18. The average molecular weight is 129 g/mol. The molecule has 0 heterocycles. The van der Waals surface area contributed by atoms with Gasteiger partial charge in [-0.1, -0.05) is 6.92 Å². The summed E-state index contributed by atoms with van der Waals surface area (Å²) in [6, 6.07) is 0. The summed E-state index contributed by atoms with van der Waals surface area (Å²) in [4.78, 5) is 20.7. The second-order valence-corrected chi connectivity index (χ2v) is 2.18. The Bertz CT molecular complexity index is 131. The van der Waals surface area contributed by atoms with Crippen molar-refractivity contribution in [2.75, 3.05) is 0 Å². The first-order chi connectivity index (χ1) is 4.04. The SMILES string of the molecule is CC(=O)C(C)CC(N)=O. The number of Topliss-reactive ketones (excluding diaryl/α,β-unsaturated/α-hetero) is 1. The molecule has 9 heavy (non-hydrogen) atoms. The van der Waals surface area contributed by atoms with Crippen LogP contribution in [0.2, 0.25) is 0 Å². The van der Waals surface area contributed by atoms with Crippen LogP contribution >= 0.6 is 0 Å². The monoisotopic (exact) mass is 129 g/mol. The summed E-state index contributed by atoms with van der Waals surface area (Å²) in [5.74, 6) is -0.631. The third-order valence-electron chi connectivity index (χ3n) is 1.20. The van der Waals surface area contributed by atoms with Crippen molar-refractivity contribution in [3.8, 4) is 0 Å². The maximum Gasteiger partial charge on any atom is 0.218 e. The number of carbonyl (C=O) groups excluding carboxylic acids is 2. The second kappa shape index (κ2) is 3.22. The largest absolute Gasteiger partial charge is 0.370 e. The Morgan fingerprint density at radius 2 is 2.00 bits per heavy atom. The van der Waals surface area contributed by atoms with E-state index in [-0.39, 0.29) is 18.1 Å². The topological polar surface area (TPSA) is 60.2 Å². The van der Waals surface area contributed by atoms with Gasteiger partial charge in [0.1, 0.15) is 5.78 Å². The number of carbonyl (C=O) groups is 2. The van der Waals surface area contributed by atoms with Crippen LogP contribution in [0.5, 0.6) is 0 Å². The summed E-state index contributed by atoms with van der Waals surface area (Å²) in [5, 5.41) is 0. The van der Waals surface area contributed by atoms with Crippen molar-refractivity contribution >= 4 is 11.7 Å². The van der Waals surface area contributed by atoms with Gasteiger partial charge in [-0.3, -0.25) is 9.59 Å². The first kappa shape index (κ1) is 8.14. The first-order valence-electron chi connectivity index (χ1n) is 2.82. The van der Waals surface area contributed by atoms with Crippen molar-refractivity contribution in [2.45, 2.75) is 20.3 Å². The predicted octanol–water partition coefficient (Wildman–Crippen LogP) is 0.0869. The lowest BCUT2D eigenvalue weighted by Gasteiger charge is -2.01. The smallest absolute Gasteiger partial charge is 0.218 e. The maximum atomic E-state index is 10.5. The van der Waals surface area contributed by atoms with Crippen molar-refractivity contribution < 1.29 is 9.59 Å². The van der Waals surface area contributed by atoms with Gasteiger partial charge in [0.2, 0.25) is 5.91 Å². The lowest BCUT2D eigenvalue weighted by molar-refractivity contribution is -0.125. The van der Waals surface area contributed by atoms with Crippen LogP contribution in [0, 0.1) is 5.92 Å². The van der Waals surface area contributed by atoms with Crippen molar-refractivity contribution in [3.05, 3.63) is 0 Å². The molecule has 0 bridgehead atoms. The number of hydrogen-bond acceptors (Lipinski definition) is 2. The van der Waals surface area contributed by atoms with E-state index in [0.29, 0.717) is 0 Å². The molecular formula is C6H11NO2. The average Bonchev–Trinajstić information content (AvgIpc) is 1.63. The fourth-order valence-corrected chi connectivity index (χ4v) is 0.446. The second-order valence-electron chi connectivity index (χ2n) is 2.18. The molecule has 0 aromatic carbocycles. The van der Waals surface area contributed by atoms with Gasteiger partial charge < -0.3 is 5.73 Å². The molecule has 3 nitrogen and oxygen atoms in total. The Hall–Kier alpha value is -0.860. The Kier molecular flexibility index (Phi) is 2.91. The zero-order chi connectivity index (χ0) is 7.44. The van der Waals surface area contributed by atoms with E-state index in [1.807, 2.05) is 0 Å². The number of rotatable bonds is 3. The first-order valence-corrected chi connectivity index (χ1v) is 2.82. The highest BCUT2D eigenvalue weighted by atomic mass is 16.1. The van der Waals surface area contributed by atoms with Crippen LogP contribution < -0.4 is 5.73 Å². The van der Waals surface area contributed by atoms with Crippen LogP contribution in [0.4, 0.5) is 0 Å². The Morgan fingerprint density at radius 3 is 2.11 bits per heavy atom. The van der Waals surface area contributed by atoms with E-state index >= 15 is 0 Å². The summed E-state index contributed by atoms with van der Waals surface area (Å²) in [7, 11) is 0. The molecule has 0 saturated carbocycles. The van der Waals surface area contributed by atoms with E-state index < -0.39 is 5.91 Å². The summed E-state index contributed by atoms with van der Waals surface area (Å²) in [5.41, 5.74) is 4.84. The van der Waals surface area contributed by atoms with Gasteiger partial charge in [0.15, 0.2) is 0 Å². The van der Waals surface area contributed by atoms with Gasteiger partial charge in [-0.15, -0.1) is 0 Å². The highest BCUT2D eigenvalue weighted by molar-refractivity contribution is 5.84. The molecule has 1 amide bonds. The summed E-state index contributed by atoms with van der Waals surface area (Å²) in [6.07, 6.45) is 0.162. The van der Waals surface area contributed by atoms with Crippen LogP contribution in [0.3, 0.4) is 0 Å². The molecule has 0 aliphatic carbocycles. The van der Waals surface area contributed by atoms with Crippen LogP contribution in [0.25, 0.3) is 0 Å². The fraction of sp³-hybridized carbons (Fsp3) is 0.667. The molecule has 2 N–H and O–H groups in total. The van der Waals surface area contributed by atoms with E-state index in [1.54, 1.807) is 6.92 Å². The van der Waals surface area contributed by atoms with Gasteiger partial charge in [-0.25, -0.2) is 0 Å². The molecule has 3 heteroatoms. The van der Waals surface area contributed by atoms with Crippen molar-refractivity contribution in [2.24, 2.45) is 11.7 Å². The quantitative estimate of drug-likeness (QED) is 0.587. The Balaban J connectivity index is 3.63. The number of amides is 1. The molecule has 0 fully saturated rings. The number of hydrogen-bond donors (Lipinski definition) is 1. The molecule has 0 aliphatic heterocycles. The standard InChI is InChI=1S/C6H11NO2/c1-4(5(2)8)3-6(7)9/h4H,3H2,1-2H3,(H2,7,9). The molecule has 1 atom stereocenters. The minimum absolute atomic E-state index is 0.00815. The highest BCUT2D eigenvalue weighted by Crippen LogP contribution is 2.00. The number of primary amides is 1. The van der Waals surface area contributed by atoms with Gasteiger partial charge in [0.05, 0.1) is 0 Å². The van der Waals surface area contributed by atoms with Crippen LogP contribution in [0.15, 0.2) is 0 Å². The van der Waals surface area contributed by atoms with Crippen LogP contribution in [-0.4, -0.2) is 11.7 Å². The van der Waals surface area contributed by atoms with E-state index in [9.17, 15) is 9.59 Å². The molecule has 0 spiro atoms. The van der Waals surface area contributed by atoms with Crippen LogP contribution in [-0.2, 0) is 9.59 Å². The van der Waals surface area contributed by atoms with Gasteiger partial charge in [-0.05, 0) is 6.92 Å². The van der Waals surface area contributed by atoms with Crippen LogP contribution in [0.1, 0.15) is 20.3 Å². The Morgan fingerprint density at radius 1 is 1.56 bits per heavy atom. The number of ketones is 1. The highest BCUT2D eigenvalue weighted by Gasteiger charge is 2.09. The summed E-state index contributed by atoms with van der Waals surface area (Å²) >= 11 is 0. The zero-order valence-electron chi connectivity index (χ0n) is 5.68. The van der Waals surface area contributed by atoms with Crippen molar-refractivity contribution in [3.63, 3.8) is 0 Å². The lowest BCUT2D eigenvalue weighted by atomic mass is 10.0. The van der Waals surface area contributed by atoms with E-state index in [2.05, 4.69) is 0 Å². The van der Waals surface area contributed by atoms with Crippen molar-refractivity contribution in [1.82, 2.24) is 0 Å². The molecule has 0 saturated heterocycles. The molecule has 52 valence electrons.